The molecule has 0 aliphatic carbocycles. The van der Waals surface area contributed by atoms with Crippen LogP contribution in [0.25, 0.3) is 10.9 Å². The number of aromatic amines is 1. The second-order valence-electron chi connectivity index (χ2n) is 5.00. The molecular formula is C15H13N5O2. The van der Waals surface area contributed by atoms with Crippen molar-refractivity contribution in [2.24, 2.45) is 0 Å². The van der Waals surface area contributed by atoms with Gasteiger partial charge in [0.1, 0.15) is 12.3 Å². The Hall–Kier alpha value is -2.96. The first-order valence-electron chi connectivity index (χ1n) is 6.98. The number of carbonyl (C=O) groups is 1. The van der Waals surface area contributed by atoms with Crippen LogP contribution in [0.3, 0.4) is 0 Å². The van der Waals surface area contributed by atoms with E-state index in [2.05, 4.69) is 20.2 Å². The highest BCUT2D eigenvalue weighted by Crippen LogP contribution is 2.21. The van der Waals surface area contributed by atoms with Crippen LogP contribution >= 0.6 is 0 Å². The fraction of sp³-hybridized carbons (Fsp3) is 0.200. The molecule has 4 rings (SSSR count). The van der Waals surface area contributed by atoms with E-state index in [1.165, 1.54) is 0 Å². The summed E-state index contributed by atoms with van der Waals surface area (Å²) in [5.41, 5.74) is 1.92. The predicted molar refractivity (Wildman–Crippen MR) is 78.4 cm³/mol. The predicted octanol–water partition coefficient (Wildman–Crippen LogP) is 1.39. The minimum absolute atomic E-state index is 0.139. The Balaban J connectivity index is 1.68. The summed E-state index contributed by atoms with van der Waals surface area (Å²) in [5.74, 6) is 0.351. The molecule has 110 valence electrons. The number of hydrogen-bond acceptors (Lipinski definition) is 5. The zero-order valence-electron chi connectivity index (χ0n) is 11.7. The molecule has 1 amide bonds. The number of aromatic nitrogens is 4. The minimum Gasteiger partial charge on any atom is -0.474 e. The van der Waals surface area contributed by atoms with Crippen molar-refractivity contribution in [2.75, 3.05) is 13.2 Å². The Morgan fingerprint density at radius 3 is 3.05 bits per heavy atom. The standard InChI is InChI=1S/C15H13N5O2/c21-15(13-10-3-1-2-4-11(10)18-19-13)20-7-8-22-14-12(9-20)16-5-6-17-14/h1-6H,7-9H2,(H,18,19). The normalized spacial score (nSPS) is 14.3. The summed E-state index contributed by atoms with van der Waals surface area (Å²) in [6.07, 6.45) is 3.18. The number of ether oxygens (including phenoxy) is 1. The third-order valence-electron chi connectivity index (χ3n) is 3.64. The van der Waals surface area contributed by atoms with Gasteiger partial charge in [0.25, 0.3) is 5.91 Å². The van der Waals surface area contributed by atoms with Gasteiger partial charge in [-0.3, -0.25) is 14.9 Å². The van der Waals surface area contributed by atoms with E-state index in [9.17, 15) is 4.79 Å². The lowest BCUT2D eigenvalue weighted by Gasteiger charge is -2.18. The largest absolute Gasteiger partial charge is 0.474 e. The molecule has 0 unspecified atom stereocenters. The summed E-state index contributed by atoms with van der Waals surface area (Å²) in [6, 6.07) is 7.57. The molecule has 22 heavy (non-hydrogen) atoms. The third kappa shape index (κ3) is 2.07. The summed E-state index contributed by atoms with van der Waals surface area (Å²) >= 11 is 0. The van der Waals surface area contributed by atoms with Crippen molar-refractivity contribution in [3.05, 3.63) is 48.0 Å². The first-order chi connectivity index (χ1) is 10.8. The van der Waals surface area contributed by atoms with Crippen LogP contribution in [0.4, 0.5) is 0 Å². The van der Waals surface area contributed by atoms with E-state index in [-0.39, 0.29) is 5.91 Å². The number of fused-ring (bicyclic) bond motifs is 2. The summed E-state index contributed by atoms with van der Waals surface area (Å²) in [7, 11) is 0. The molecule has 0 saturated carbocycles. The molecule has 7 heteroatoms. The molecule has 1 aliphatic rings. The Bertz CT molecular complexity index is 845. The molecule has 0 saturated heterocycles. The molecule has 0 atom stereocenters. The Morgan fingerprint density at radius 1 is 1.23 bits per heavy atom. The van der Waals surface area contributed by atoms with E-state index in [4.69, 9.17) is 4.74 Å². The van der Waals surface area contributed by atoms with Crippen molar-refractivity contribution >= 4 is 16.8 Å². The molecular weight excluding hydrogens is 282 g/mol. The van der Waals surface area contributed by atoms with Gasteiger partial charge in [0.15, 0.2) is 5.69 Å². The lowest BCUT2D eigenvalue weighted by Crippen LogP contribution is -2.33. The quantitative estimate of drug-likeness (QED) is 0.733. The molecule has 0 radical (unpaired) electrons. The van der Waals surface area contributed by atoms with E-state index in [1.54, 1.807) is 17.3 Å². The van der Waals surface area contributed by atoms with Crippen LogP contribution in [0.1, 0.15) is 16.2 Å². The fourth-order valence-corrected chi connectivity index (χ4v) is 2.55. The van der Waals surface area contributed by atoms with Crippen LogP contribution in [0, 0.1) is 0 Å². The van der Waals surface area contributed by atoms with E-state index in [1.807, 2.05) is 24.3 Å². The average molecular weight is 295 g/mol. The minimum atomic E-state index is -0.139. The molecule has 3 aromatic rings. The first kappa shape index (κ1) is 12.8. The number of para-hydroxylation sites is 1. The smallest absolute Gasteiger partial charge is 0.275 e. The van der Waals surface area contributed by atoms with Gasteiger partial charge in [0, 0.05) is 17.8 Å². The molecule has 0 fully saturated rings. The maximum Gasteiger partial charge on any atom is 0.275 e. The van der Waals surface area contributed by atoms with Crippen molar-refractivity contribution in [2.45, 2.75) is 6.54 Å². The van der Waals surface area contributed by atoms with Gasteiger partial charge in [0.2, 0.25) is 5.88 Å². The summed E-state index contributed by atoms with van der Waals surface area (Å²) in [4.78, 5) is 22.8. The van der Waals surface area contributed by atoms with Gasteiger partial charge in [0.05, 0.1) is 18.6 Å². The summed E-state index contributed by atoms with van der Waals surface area (Å²) in [6.45, 7) is 1.22. The van der Waals surface area contributed by atoms with Crippen molar-refractivity contribution in [1.82, 2.24) is 25.1 Å². The van der Waals surface area contributed by atoms with Gasteiger partial charge < -0.3 is 9.64 Å². The monoisotopic (exact) mass is 295 g/mol. The van der Waals surface area contributed by atoms with Crippen LogP contribution in [0.15, 0.2) is 36.7 Å². The van der Waals surface area contributed by atoms with Gasteiger partial charge in [-0.25, -0.2) is 4.98 Å². The second kappa shape index (κ2) is 5.10. The average Bonchev–Trinajstić information content (AvgIpc) is 2.86. The van der Waals surface area contributed by atoms with Crippen molar-refractivity contribution in [3.8, 4) is 5.88 Å². The second-order valence-corrected chi connectivity index (χ2v) is 5.00. The van der Waals surface area contributed by atoms with Crippen molar-refractivity contribution in [1.29, 1.82) is 0 Å². The van der Waals surface area contributed by atoms with E-state index in [0.717, 1.165) is 10.9 Å². The van der Waals surface area contributed by atoms with E-state index in [0.29, 0.717) is 37.0 Å². The van der Waals surface area contributed by atoms with Crippen molar-refractivity contribution in [3.63, 3.8) is 0 Å². The number of benzene rings is 1. The topological polar surface area (TPSA) is 84.0 Å². The highest BCUT2D eigenvalue weighted by molar-refractivity contribution is 6.04. The van der Waals surface area contributed by atoms with Gasteiger partial charge in [-0.15, -0.1) is 0 Å². The van der Waals surface area contributed by atoms with Crippen LogP contribution < -0.4 is 4.74 Å². The van der Waals surface area contributed by atoms with Crippen molar-refractivity contribution < 1.29 is 9.53 Å². The van der Waals surface area contributed by atoms with Gasteiger partial charge in [-0.2, -0.15) is 5.10 Å². The van der Waals surface area contributed by atoms with Gasteiger partial charge >= 0.3 is 0 Å². The van der Waals surface area contributed by atoms with Gasteiger partial charge in [-0.1, -0.05) is 18.2 Å². The van der Waals surface area contributed by atoms with Crippen LogP contribution in [-0.4, -0.2) is 44.1 Å². The molecule has 3 heterocycles. The molecule has 2 aromatic heterocycles. The summed E-state index contributed by atoms with van der Waals surface area (Å²) in [5, 5.41) is 7.87. The van der Waals surface area contributed by atoms with E-state index >= 15 is 0 Å². The zero-order chi connectivity index (χ0) is 14.9. The zero-order valence-corrected chi connectivity index (χ0v) is 11.7. The van der Waals surface area contributed by atoms with Crippen LogP contribution in [0.5, 0.6) is 5.88 Å². The lowest BCUT2D eigenvalue weighted by atomic mass is 10.2. The Morgan fingerprint density at radius 2 is 2.09 bits per heavy atom. The Kier molecular flexibility index (Phi) is 2.96. The third-order valence-corrected chi connectivity index (χ3v) is 3.64. The first-order valence-corrected chi connectivity index (χ1v) is 6.98. The van der Waals surface area contributed by atoms with E-state index < -0.39 is 0 Å². The number of carbonyl (C=O) groups excluding carboxylic acids is 1. The number of rotatable bonds is 1. The molecule has 0 spiro atoms. The molecule has 1 N–H and O–H groups in total. The molecule has 1 aromatic carbocycles. The molecule has 1 aliphatic heterocycles. The van der Waals surface area contributed by atoms with Crippen LogP contribution in [0.2, 0.25) is 0 Å². The SMILES string of the molecule is O=C(c1n[nH]c2ccccc12)N1CCOc2nccnc2C1. The maximum atomic E-state index is 12.8. The number of hydrogen-bond donors (Lipinski definition) is 1. The fourth-order valence-electron chi connectivity index (χ4n) is 2.55. The van der Waals surface area contributed by atoms with Crippen LogP contribution in [-0.2, 0) is 6.54 Å². The molecule has 7 nitrogen and oxygen atoms in total. The number of H-pyrrole nitrogens is 1. The number of nitrogens with zero attached hydrogens (tertiary/aromatic N) is 4. The number of nitrogens with one attached hydrogen (secondary N) is 1. The Labute approximate surface area is 125 Å². The highest BCUT2D eigenvalue weighted by atomic mass is 16.5. The highest BCUT2D eigenvalue weighted by Gasteiger charge is 2.25. The lowest BCUT2D eigenvalue weighted by molar-refractivity contribution is 0.0727. The van der Waals surface area contributed by atoms with Gasteiger partial charge in [-0.05, 0) is 6.07 Å². The number of amides is 1. The summed E-state index contributed by atoms with van der Waals surface area (Å²) < 4.78 is 5.54. The molecule has 0 bridgehead atoms. The maximum absolute atomic E-state index is 12.8.